The Morgan fingerprint density at radius 3 is 2.47 bits per heavy atom. The van der Waals surface area contributed by atoms with Crippen LogP contribution < -0.4 is 0 Å². The highest BCUT2D eigenvalue weighted by Crippen LogP contribution is 2.36. The number of carbonyl (C=O) groups is 1. The summed E-state index contributed by atoms with van der Waals surface area (Å²) < 4.78 is 5.18. The van der Waals surface area contributed by atoms with Gasteiger partial charge in [0.25, 0.3) is 0 Å². The van der Waals surface area contributed by atoms with Gasteiger partial charge in [-0.15, -0.1) is 0 Å². The van der Waals surface area contributed by atoms with E-state index in [9.17, 15) is 15.0 Å². The highest BCUT2D eigenvalue weighted by atomic mass is 16.5. The van der Waals surface area contributed by atoms with Crippen LogP contribution >= 0.6 is 0 Å². The third-order valence-electron chi connectivity index (χ3n) is 3.98. The number of β-amino-alcohol motifs (C(OH)–C–C–N with tert-alkyl or cyclic N) is 1. The van der Waals surface area contributed by atoms with Crippen LogP contribution in [0.25, 0.3) is 0 Å². The van der Waals surface area contributed by atoms with Gasteiger partial charge in [-0.05, 0) is 39.3 Å². The van der Waals surface area contributed by atoms with Gasteiger partial charge >= 0.3 is 5.97 Å². The fourth-order valence-corrected chi connectivity index (χ4v) is 2.82. The van der Waals surface area contributed by atoms with Crippen LogP contribution in [-0.2, 0) is 9.53 Å². The normalized spacial score (nSPS) is 21.2. The van der Waals surface area contributed by atoms with Crippen molar-refractivity contribution in [2.75, 3.05) is 32.8 Å². The summed E-state index contributed by atoms with van der Waals surface area (Å²) in [7, 11) is 0. The van der Waals surface area contributed by atoms with Gasteiger partial charge in [-0.3, -0.25) is 4.79 Å². The van der Waals surface area contributed by atoms with Crippen molar-refractivity contribution in [3.05, 3.63) is 0 Å². The van der Waals surface area contributed by atoms with E-state index in [1.807, 2.05) is 13.8 Å². The molecule has 2 N–H and O–H groups in total. The predicted octanol–water partition coefficient (Wildman–Crippen LogP) is 1.35. The number of aliphatic carboxylic acids is 1. The molecule has 1 heterocycles. The Morgan fingerprint density at radius 2 is 2.00 bits per heavy atom. The standard InChI is InChI=1S/C14H27NO4/c1-3-5-14(13(17)18)6-8-15(9-7-14)10-12(16)11-19-4-2/h12,16H,3-11H2,1-2H3,(H,17,18). The third-order valence-corrected chi connectivity index (χ3v) is 3.98. The van der Waals surface area contributed by atoms with Crippen LogP contribution in [0.5, 0.6) is 0 Å². The summed E-state index contributed by atoms with van der Waals surface area (Å²) >= 11 is 0. The van der Waals surface area contributed by atoms with E-state index in [0.29, 0.717) is 32.6 Å². The molecule has 0 spiro atoms. The Kier molecular flexibility index (Phi) is 6.75. The van der Waals surface area contributed by atoms with Gasteiger partial charge in [0.05, 0.1) is 18.1 Å². The van der Waals surface area contributed by atoms with Crippen LogP contribution in [-0.4, -0.2) is 60.0 Å². The summed E-state index contributed by atoms with van der Waals surface area (Å²) in [4.78, 5) is 13.6. The molecule has 0 aromatic carbocycles. The molecular formula is C14H27NO4. The topological polar surface area (TPSA) is 70.0 Å². The summed E-state index contributed by atoms with van der Waals surface area (Å²) in [6.07, 6.45) is 2.52. The third kappa shape index (κ3) is 4.75. The number of aliphatic hydroxyl groups is 1. The molecule has 19 heavy (non-hydrogen) atoms. The van der Waals surface area contributed by atoms with Gasteiger partial charge in [-0.25, -0.2) is 0 Å². The van der Waals surface area contributed by atoms with E-state index >= 15 is 0 Å². The van der Waals surface area contributed by atoms with Crippen LogP contribution in [0.15, 0.2) is 0 Å². The second kappa shape index (κ2) is 7.82. The average molecular weight is 273 g/mol. The van der Waals surface area contributed by atoms with E-state index in [4.69, 9.17) is 4.74 Å². The lowest BCUT2D eigenvalue weighted by molar-refractivity contribution is -0.153. The lowest BCUT2D eigenvalue weighted by Gasteiger charge is -2.39. The van der Waals surface area contributed by atoms with Gasteiger partial charge in [0.15, 0.2) is 0 Å². The minimum Gasteiger partial charge on any atom is -0.481 e. The zero-order valence-electron chi connectivity index (χ0n) is 12.1. The number of carboxylic acid groups (broad SMARTS) is 1. The van der Waals surface area contributed by atoms with E-state index < -0.39 is 17.5 Å². The fraction of sp³-hybridized carbons (Fsp3) is 0.929. The lowest BCUT2D eigenvalue weighted by Crippen LogP contribution is -2.47. The zero-order chi connectivity index (χ0) is 14.3. The van der Waals surface area contributed by atoms with Gasteiger partial charge in [-0.1, -0.05) is 13.3 Å². The maximum absolute atomic E-state index is 11.4. The van der Waals surface area contributed by atoms with Crippen molar-refractivity contribution in [1.82, 2.24) is 4.90 Å². The molecule has 0 bridgehead atoms. The number of ether oxygens (including phenoxy) is 1. The molecule has 1 atom stereocenters. The molecule has 0 aromatic heterocycles. The molecule has 112 valence electrons. The molecule has 5 heteroatoms. The van der Waals surface area contributed by atoms with Crippen LogP contribution in [0.4, 0.5) is 0 Å². The molecule has 1 unspecified atom stereocenters. The second-order valence-corrected chi connectivity index (χ2v) is 5.45. The molecule has 1 saturated heterocycles. The van der Waals surface area contributed by atoms with E-state index in [1.54, 1.807) is 0 Å². The summed E-state index contributed by atoms with van der Waals surface area (Å²) in [5.74, 6) is -0.663. The minimum atomic E-state index is -0.663. The number of rotatable bonds is 8. The Bertz CT molecular complexity index is 275. The summed E-state index contributed by atoms with van der Waals surface area (Å²) in [6.45, 7) is 6.96. The Balaban J connectivity index is 2.40. The van der Waals surface area contributed by atoms with Crippen molar-refractivity contribution < 1.29 is 19.7 Å². The molecule has 0 saturated carbocycles. The Hall–Kier alpha value is -0.650. The van der Waals surface area contributed by atoms with Gasteiger partial charge in [-0.2, -0.15) is 0 Å². The molecule has 0 aliphatic carbocycles. The van der Waals surface area contributed by atoms with Crippen LogP contribution in [0, 0.1) is 5.41 Å². The molecular weight excluding hydrogens is 246 g/mol. The van der Waals surface area contributed by atoms with Gasteiger partial charge in [0, 0.05) is 13.2 Å². The van der Waals surface area contributed by atoms with Crippen LogP contribution in [0.1, 0.15) is 39.5 Å². The van der Waals surface area contributed by atoms with Gasteiger partial charge in [0.1, 0.15) is 0 Å². The number of hydrogen-bond donors (Lipinski definition) is 2. The first-order valence-corrected chi connectivity index (χ1v) is 7.25. The average Bonchev–Trinajstić information content (AvgIpc) is 2.39. The van der Waals surface area contributed by atoms with Crippen LogP contribution in [0.3, 0.4) is 0 Å². The Labute approximate surface area is 115 Å². The van der Waals surface area contributed by atoms with Crippen molar-refractivity contribution in [2.24, 2.45) is 5.41 Å². The van der Waals surface area contributed by atoms with Crippen LogP contribution in [0.2, 0.25) is 0 Å². The largest absolute Gasteiger partial charge is 0.481 e. The minimum absolute atomic E-state index is 0.353. The molecule has 1 aliphatic heterocycles. The number of carboxylic acids is 1. The molecule has 0 amide bonds. The smallest absolute Gasteiger partial charge is 0.309 e. The maximum Gasteiger partial charge on any atom is 0.309 e. The Morgan fingerprint density at radius 1 is 1.37 bits per heavy atom. The van der Waals surface area contributed by atoms with Gasteiger partial charge < -0.3 is 19.8 Å². The van der Waals surface area contributed by atoms with Crippen molar-refractivity contribution in [1.29, 1.82) is 0 Å². The summed E-state index contributed by atoms with van der Waals surface area (Å²) in [6, 6.07) is 0. The number of likely N-dealkylation sites (tertiary alicyclic amines) is 1. The number of piperidine rings is 1. The molecule has 0 aromatic rings. The molecule has 1 rings (SSSR count). The molecule has 1 aliphatic rings. The van der Waals surface area contributed by atoms with E-state index in [-0.39, 0.29) is 0 Å². The van der Waals surface area contributed by atoms with Crippen molar-refractivity contribution in [3.8, 4) is 0 Å². The number of hydrogen-bond acceptors (Lipinski definition) is 4. The SMILES string of the molecule is CCCC1(C(=O)O)CCN(CC(O)COCC)CC1. The van der Waals surface area contributed by atoms with Gasteiger partial charge in [0.2, 0.25) is 0 Å². The summed E-state index contributed by atoms with van der Waals surface area (Å²) in [5.41, 5.74) is -0.546. The molecule has 0 radical (unpaired) electrons. The van der Waals surface area contributed by atoms with E-state index in [0.717, 1.165) is 25.9 Å². The molecule has 5 nitrogen and oxygen atoms in total. The first-order chi connectivity index (χ1) is 9.04. The quantitative estimate of drug-likeness (QED) is 0.698. The predicted molar refractivity (Wildman–Crippen MR) is 73.2 cm³/mol. The van der Waals surface area contributed by atoms with Crippen molar-refractivity contribution in [3.63, 3.8) is 0 Å². The number of nitrogens with zero attached hydrogens (tertiary/aromatic N) is 1. The first-order valence-electron chi connectivity index (χ1n) is 7.25. The first kappa shape index (κ1) is 16.4. The zero-order valence-corrected chi connectivity index (χ0v) is 12.1. The van der Waals surface area contributed by atoms with Crippen molar-refractivity contribution in [2.45, 2.75) is 45.6 Å². The second-order valence-electron chi connectivity index (χ2n) is 5.45. The monoisotopic (exact) mass is 273 g/mol. The number of aliphatic hydroxyl groups excluding tert-OH is 1. The highest BCUT2D eigenvalue weighted by Gasteiger charge is 2.40. The summed E-state index contributed by atoms with van der Waals surface area (Å²) in [5, 5.41) is 19.2. The molecule has 1 fully saturated rings. The lowest BCUT2D eigenvalue weighted by atomic mass is 9.75. The van der Waals surface area contributed by atoms with E-state index in [1.165, 1.54) is 0 Å². The fourth-order valence-electron chi connectivity index (χ4n) is 2.82. The maximum atomic E-state index is 11.4. The van der Waals surface area contributed by atoms with E-state index in [2.05, 4.69) is 4.90 Å². The highest BCUT2D eigenvalue weighted by molar-refractivity contribution is 5.74. The van der Waals surface area contributed by atoms with Crippen molar-refractivity contribution >= 4 is 5.97 Å².